The number of hydroxylamine groups is 1. The molecule has 1 aromatic carbocycles. The zero-order chi connectivity index (χ0) is 13.0. The number of nitrogens with zero attached hydrogens (tertiary/aromatic N) is 1. The van der Waals surface area contributed by atoms with Crippen LogP contribution in [0.2, 0.25) is 0 Å². The topological polar surface area (TPSA) is 81.5 Å². The third-order valence-electron chi connectivity index (χ3n) is 2.96. The van der Waals surface area contributed by atoms with Crippen molar-refractivity contribution < 1.29 is 14.6 Å². The molecule has 0 unspecified atom stereocenters. The Bertz CT molecular complexity index is 438. The Morgan fingerprint density at radius 1 is 1.28 bits per heavy atom. The molecule has 1 aromatic rings. The summed E-state index contributed by atoms with van der Waals surface area (Å²) < 4.78 is 0. The van der Waals surface area contributed by atoms with Crippen LogP contribution in [-0.2, 0) is 4.84 Å². The van der Waals surface area contributed by atoms with Crippen LogP contribution >= 0.6 is 0 Å². The SMILES string of the molecule is O=C(NOC1CCCC1)c1ccc([N+](=O)[O-])cc1. The Balaban J connectivity index is 1.89. The Morgan fingerprint density at radius 3 is 2.44 bits per heavy atom. The van der Waals surface area contributed by atoms with Gasteiger partial charge in [-0.1, -0.05) is 12.8 Å². The summed E-state index contributed by atoms with van der Waals surface area (Å²) in [5, 5.41) is 10.5. The molecule has 0 atom stereocenters. The van der Waals surface area contributed by atoms with E-state index in [-0.39, 0.29) is 17.7 Å². The van der Waals surface area contributed by atoms with Gasteiger partial charge in [-0.05, 0) is 25.0 Å². The van der Waals surface area contributed by atoms with Gasteiger partial charge in [-0.15, -0.1) is 0 Å². The van der Waals surface area contributed by atoms with Crippen LogP contribution in [0.1, 0.15) is 36.0 Å². The van der Waals surface area contributed by atoms with Crippen LogP contribution in [0.25, 0.3) is 0 Å². The zero-order valence-electron chi connectivity index (χ0n) is 9.80. The van der Waals surface area contributed by atoms with Crippen molar-refractivity contribution in [3.63, 3.8) is 0 Å². The number of hydrogen-bond acceptors (Lipinski definition) is 4. The van der Waals surface area contributed by atoms with Gasteiger partial charge in [0.1, 0.15) is 0 Å². The van der Waals surface area contributed by atoms with Crippen LogP contribution in [0.4, 0.5) is 5.69 Å². The summed E-state index contributed by atoms with van der Waals surface area (Å²) >= 11 is 0. The average molecular weight is 250 g/mol. The van der Waals surface area contributed by atoms with Crippen molar-refractivity contribution in [3.05, 3.63) is 39.9 Å². The first-order valence-electron chi connectivity index (χ1n) is 5.87. The van der Waals surface area contributed by atoms with Crippen molar-refractivity contribution >= 4 is 11.6 Å². The van der Waals surface area contributed by atoms with Crippen LogP contribution in [0.3, 0.4) is 0 Å². The van der Waals surface area contributed by atoms with Crippen LogP contribution in [0.15, 0.2) is 24.3 Å². The fourth-order valence-corrected chi connectivity index (χ4v) is 1.94. The monoisotopic (exact) mass is 250 g/mol. The first-order valence-corrected chi connectivity index (χ1v) is 5.87. The van der Waals surface area contributed by atoms with E-state index in [4.69, 9.17) is 4.84 Å². The number of rotatable bonds is 4. The van der Waals surface area contributed by atoms with E-state index in [1.54, 1.807) is 0 Å². The van der Waals surface area contributed by atoms with Gasteiger partial charge < -0.3 is 0 Å². The van der Waals surface area contributed by atoms with Crippen LogP contribution in [0, 0.1) is 10.1 Å². The van der Waals surface area contributed by atoms with E-state index in [1.165, 1.54) is 24.3 Å². The molecule has 96 valence electrons. The summed E-state index contributed by atoms with van der Waals surface area (Å²) in [5.41, 5.74) is 2.69. The Morgan fingerprint density at radius 2 is 1.89 bits per heavy atom. The molecule has 6 nitrogen and oxygen atoms in total. The normalized spacial score (nSPS) is 15.6. The van der Waals surface area contributed by atoms with E-state index in [9.17, 15) is 14.9 Å². The van der Waals surface area contributed by atoms with Crippen molar-refractivity contribution in [3.8, 4) is 0 Å². The lowest BCUT2D eigenvalue weighted by molar-refractivity contribution is -0.384. The summed E-state index contributed by atoms with van der Waals surface area (Å²) in [6.45, 7) is 0. The largest absolute Gasteiger partial charge is 0.274 e. The van der Waals surface area contributed by atoms with Crippen molar-refractivity contribution in [2.45, 2.75) is 31.8 Å². The number of carbonyl (C=O) groups excluding carboxylic acids is 1. The number of nitro benzene ring substituents is 1. The predicted octanol–water partition coefficient (Wildman–Crippen LogP) is 2.20. The summed E-state index contributed by atoms with van der Waals surface area (Å²) in [4.78, 5) is 26.9. The number of hydrogen-bond donors (Lipinski definition) is 1. The maximum Gasteiger partial charge on any atom is 0.274 e. The van der Waals surface area contributed by atoms with E-state index in [2.05, 4.69) is 5.48 Å². The summed E-state index contributed by atoms with van der Waals surface area (Å²) in [7, 11) is 0. The highest BCUT2D eigenvalue weighted by Gasteiger charge is 2.17. The second kappa shape index (κ2) is 5.59. The molecule has 0 heterocycles. The van der Waals surface area contributed by atoms with Gasteiger partial charge >= 0.3 is 0 Å². The summed E-state index contributed by atoms with van der Waals surface area (Å²) in [6, 6.07) is 5.41. The lowest BCUT2D eigenvalue weighted by Gasteiger charge is -2.11. The minimum absolute atomic E-state index is 0.0386. The number of nitrogens with one attached hydrogen (secondary N) is 1. The molecular weight excluding hydrogens is 236 g/mol. The van der Waals surface area contributed by atoms with E-state index in [0.717, 1.165) is 25.7 Å². The Labute approximate surface area is 104 Å². The van der Waals surface area contributed by atoms with Gasteiger partial charge in [-0.2, -0.15) is 0 Å². The summed E-state index contributed by atoms with van der Waals surface area (Å²) in [6.07, 6.45) is 4.25. The molecule has 1 aliphatic rings. The van der Waals surface area contributed by atoms with Crippen molar-refractivity contribution in [1.82, 2.24) is 5.48 Å². The number of non-ortho nitro benzene ring substituents is 1. The lowest BCUT2D eigenvalue weighted by atomic mass is 10.2. The van der Waals surface area contributed by atoms with Gasteiger partial charge in [0, 0.05) is 17.7 Å². The molecule has 1 N–H and O–H groups in total. The molecule has 6 heteroatoms. The van der Waals surface area contributed by atoms with Crippen LogP contribution in [-0.4, -0.2) is 16.9 Å². The highest BCUT2D eigenvalue weighted by Crippen LogP contribution is 2.20. The van der Waals surface area contributed by atoms with Crippen molar-refractivity contribution in [2.24, 2.45) is 0 Å². The van der Waals surface area contributed by atoms with E-state index in [1.807, 2.05) is 0 Å². The maximum atomic E-state index is 11.7. The Hall–Kier alpha value is -1.95. The van der Waals surface area contributed by atoms with Gasteiger partial charge in [0.2, 0.25) is 0 Å². The number of carbonyl (C=O) groups is 1. The molecule has 0 saturated heterocycles. The molecule has 0 bridgehead atoms. The molecule has 1 saturated carbocycles. The second-order valence-corrected chi connectivity index (χ2v) is 4.26. The molecule has 1 amide bonds. The molecule has 0 aliphatic heterocycles. The lowest BCUT2D eigenvalue weighted by Crippen LogP contribution is -2.28. The van der Waals surface area contributed by atoms with E-state index in [0.29, 0.717) is 5.56 Å². The molecule has 18 heavy (non-hydrogen) atoms. The average Bonchev–Trinajstić information content (AvgIpc) is 2.89. The second-order valence-electron chi connectivity index (χ2n) is 4.26. The molecule has 2 rings (SSSR count). The molecule has 0 aromatic heterocycles. The van der Waals surface area contributed by atoms with Crippen LogP contribution < -0.4 is 5.48 Å². The minimum Gasteiger partial charge on any atom is -0.270 e. The zero-order valence-corrected chi connectivity index (χ0v) is 9.80. The third kappa shape index (κ3) is 3.04. The fourth-order valence-electron chi connectivity index (χ4n) is 1.94. The quantitative estimate of drug-likeness (QED) is 0.656. The van der Waals surface area contributed by atoms with E-state index >= 15 is 0 Å². The number of benzene rings is 1. The van der Waals surface area contributed by atoms with Gasteiger partial charge in [-0.3, -0.25) is 19.7 Å². The first kappa shape index (κ1) is 12.5. The Kier molecular flexibility index (Phi) is 3.88. The predicted molar refractivity (Wildman–Crippen MR) is 63.9 cm³/mol. The van der Waals surface area contributed by atoms with Gasteiger partial charge in [-0.25, -0.2) is 5.48 Å². The third-order valence-corrected chi connectivity index (χ3v) is 2.96. The van der Waals surface area contributed by atoms with Crippen LogP contribution in [0.5, 0.6) is 0 Å². The smallest absolute Gasteiger partial charge is 0.270 e. The highest BCUT2D eigenvalue weighted by molar-refractivity contribution is 5.93. The minimum atomic E-state index is -0.503. The van der Waals surface area contributed by atoms with Crippen molar-refractivity contribution in [1.29, 1.82) is 0 Å². The molecule has 0 radical (unpaired) electrons. The van der Waals surface area contributed by atoms with Gasteiger partial charge in [0.25, 0.3) is 11.6 Å². The van der Waals surface area contributed by atoms with Gasteiger partial charge in [0.15, 0.2) is 0 Å². The molecule has 1 fully saturated rings. The molecule has 0 spiro atoms. The maximum absolute atomic E-state index is 11.7. The first-order chi connectivity index (χ1) is 8.66. The standard InChI is InChI=1S/C12H14N2O4/c15-12(13-18-11-3-1-2-4-11)9-5-7-10(8-6-9)14(16)17/h5-8,11H,1-4H2,(H,13,15). The summed E-state index contributed by atoms with van der Waals surface area (Å²) in [5.74, 6) is -0.378. The van der Waals surface area contributed by atoms with Gasteiger partial charge in [0.05, 0.1) is 11.0 Å². The number of nitro groups is 1. The molecule has 1 aliphatic carbocycles. The molecular formula is C12H14N2O4. The van der Waals surface area contributed by atoms with Crippen molar-refractivity contribution in [2.75, 3.05) is 0 Å². The fraction of sp³-hybridized carbons (Fsp3) is 0.417. The number of amides is 1. The highest BCUT2D eigenvalue weighted by atomic mass is 16.7. The van der Waals surface area contributed by atoms with E-state index < -0.39 is 4.92 Å².